The average molecular weight is 331 g/mol. The maximum atomic E-state index is 13.1. The third-order valence-corrected chi connectivity index (χ3v) is 4.33. The van der Waals surface area contributed by atoms with Crippen LogP contribution in [0.1, 0.15) is 35.9 Å². The minimum Gasteiger partial charge on any atom is -0.370 e. The zero-order valence-electron chi connectivity index (χ0n) is 13.9. The van der Waals surface area contributed by atoms with Gasteiger partial charge in [0.25, 0.3) is 5.91 Å². The molecule has 0 unspecified atom stereocenters. The zero-order valence-corrected chi connectivity index (χ0v) is 13.9. The Hall–Kier alpha value is -2.37. The van der Waals surface area contributed by atoms with Crippen molar-refractivity contribution in [1.82, 2.24) is 10.1 Å². The Balaban J connectivity index is 1.67. The predicted octanol–water partition coefficient (Wildman–Crippen LogP) is 3.12. The molecule has 3 rings (SSSR count). The van der Waals surface area contributed by atoms with Crippen molar-refractivity contribution in [1.29, 1.82) is 0 Å². The number of benzene rings is 1. The van der Waals surface area contributed by atoms with E-state index in [1.807, 2.05) is 11.8 Å². The molecule has 0 aliphatic carbocycles. The molecule has 1 aliphatic heterocycles. The van der Waals surface area contributed by atoms with Crippen LogP contribution in [0, 0.1) is 5.82 Å². The molecule has 2 heterocycles. The minimum absolute atomic E-state index is 0.0133. The van der Waals surface area contributed by atoms with E-state index in [0.717, 1.165) is 38.0 Å². The summed E-state index contributed by atoms with van der Waals surface area (Å²) in [5.41, 5.74) is 1.56. The molecule has 0 saturated carbocycles. The molecule has 5 nitrogen and oxygen atoms in total. The molecule has 0 atom stereocenters. The van der Waals surface area contributed by atoms with Crippen LogP contribution in [-0.4, -0.2) is 42.1 Å². The van der Waals surface area contributed by atoms with Crippen LogP contribution in [0.5, 0.6) is 0 Å². The van der Waals surface area contributed by atoms with Crippen LogP contribution in [-0.2, 0) is 6.42 Å². The first-order valence-corrected chi connectivity index (χ1v) is 8.42. The van der Waals surface area contributed by atoms with Crippen molar-refractivity contribution < 1.29 is 13.7 Å². The number of hydrogen-bond donors (Lipinski definition) is 0. The molecule has 0 spiro atoms. The van der Waals surface area contributed by atoms with Gasteiger partial charge in [0.05, 0.1) is 6.20 Å². The SMILES string of the molecule is CCCc1oncc1C(=O)N1CCCN(c2ccc(F)cc2)CC1. The van der Waals surface area contributed by atoms with Crippen molar-refractivity contribution >= 4 is 11.6 Å². The van der Waals surface area contributed by atoms with E-state index in [-0.39, 0.29) is 11.7 Å². The lowest BCUT2D eigenvalue weighted by Gasteiger charge is -2.23. The molecule has 2 aromatic rings. The first-order valence-electron chi connectivity index (χ1n) is 8.42. The summed E-state index contributed by atoms with van der Waals surface area (Å²) in [4.78, 5) is 16.8. The highest BCUT2D eigenvalue weighted by molar-refractivity contribution is 5.95. The Kier molecular flexibility index (Phi) is 5.13. The average Bonchev–Trinajstić information content (AvgIpc) is 2.90. The number of aromatic nitrogens is 1. The second-order valence-corrected chi connectivity index (χ2v) is 6.02. The number of nitrogens with zero attached hydrogens (tertiary/aromatic N) is 3. The lowest BCUT2D eigenvalue weighted by atomic mass is 10.1. The fraction of sp³-hybridized carbons (Fsp3) is 0.444. The molecule has 24 heavy (non-hydrogen) atoms. The van der Waals surface area contributed by atoms with Gasteiger partial charge in [-0.15, -0.1) is 0 Å². The Morgan fingerprint density at radius 2 is 2.00 bits per heavy atom. The standard InChI is InChI=1S/C18H22FN3O2/c1-2-4-17-16(13-20-24-17)18(23)22-10-3-9-21(11-12-22)15-7-5-14(19)6-8-15/h5-8,13H,2-4,9-12H2,1H3. The molecule has 1 fully saturated rings. The lowest BCUT2D eigenvalue weighted by molar-refractivity contribution is 0.0764. The van der Waals surface area contributed by atoms with Gasteiger partial charge in [-0.25, -0.2) is 4.39 Å². The highest BCUT2D eigenvalue weighted by atomic mass is 19.1. The summed E-state index contributed by atoms with van der Waals surface area (Å²) in [6, 6.07) is 6.51. The Morgan fingerprint density at radius 3 is 2.75 bits per heavy atom. The molecule has 0 radical (unpaired) electrons. The van der Waals surface area contributed by atoms with Crippen molar-refractivity contribution in [2.75, 3.05) is 31.1 Å². The van der Waals surface area contributed by atoms with Gasteiger partial charge in [0.1, 0.15) is 17.1 Å². The number of amides is 1. The van der Waals surface area contributed by atoms with Gasteiger partial charge >= 0.3 is 0 Å². The summed E-state index contributed by atoms with van der Waals surface area (Å²) in [5.74, 6) is 0.420. The van der Waals surface area contributed by atoms with Crippen molar-refractivity contribution in [3.8, 4) is 0 Å². The van der Waals surface area contributed by atoms with Crippen LogP contribution in [0.4, 0.5) is 10.1 Å². The summed E-state index contributed by atoms with van der Waals surface area (Å²) in [6.45, 7) is 4.95. The molecule has 128 valence electrons. The number of halogens is 1. The minimum atomic E-state index is -0.235. The third-order valence-electron chi connectivity index (χ3n) is 4.33. The monoisotopic (exact) mass is 331 g/mol. The topological polar surface area (TPSA) is 49.6 Å². The summed E-state index contributed by atoms with van der Waals surface area (Å²) >= 11 is 0. The lowest BCUT2D eigenvalue weighted by Crippen LogP contribution is -2.35. The van der Waals surface area contributed by atoms with E-state index in [9.17, 15) is 9.18 Å². The van der Waals surface area contributed by atoms with E-state index in [0.29, 0.717) is 24.4 Å². The molecule has 1 aliphatic rings. The molecular formula is C18H22FN3O2. The van der Waals surface area contributed by atoms with E-state index in [4.69, 9.17) is 4.52 Å². The molecule has 0 N–H and O–H groups in total. The Morgan fingerprint density at radius 1 is 1.21 bits per heavy atom. The van der Waals surface area contributed by atoms with Gasteiger partial charge in [-0.05, 0) is 37.1 Å². The van der Waals surface area contributed by atoms with Crippen LogP contribution in [0.15, 0.2) is 35.0 Å². The number of rotatable bonds is 4. The molecule has 1 saturated heterocycles. The van der Waals surface area contributed by atoms with Gasteiger partial charge in [0.15, 0.2) is 0 Å². The highest BCUT2D eigenvalue weighted by Crippen LogP contribution is 2.19. The maximum absolute atomic E-state index is 13.1. The number of aryl methyl sites for hydroxylation is 1. The normalized spacial score (nSPS) is 15.4. The summed E-state index contributed by atoms with van der Waals surface area (Å²) in [6.07, 6.45) is 4.03. The quantitative estimate of drug-likeness (QED) is 0.864. The molecule has 6 heteroatoms. The third kappa shape index (κ3) is 3.58. The smallest absolute Gasteiger partial charge is 0.259 e. The second kappa shape index (κ2) is 7.47. The van der Waals surface area contributed by atoms with Gasteiger partial charge in [-0.3, -0.25) is 4.79 Å². The molecule has 1 aromatic carbocycles. The van der Waals surface area contributed by atoms with Crippen LogP contribution in [0.25, 0.3) is 0 Å². The summed E-state index contributed by atoms with van der Waals surface area (Å²) in [5, 5.41) is 3.78. The van der Waals surface area contributed by atoms with Crippen LogP contribution >= 0.6 is 0 Å². The van der Waals surface area contributed by atoms with Crippen molar-refractivity contribution in [3.63, 3.8) is 0 Å². The molecule has 1 aromatic heterocycles. The first-order chi connectivity index (χ1) is 11.7. The molecule has 1 amide bonds. The van der Waals surface area contributed by atoms with Crippen molar-refractivity contribution in [2.24, 2.45) is 0 Å². The zero-order chi connectivity index (χ0) is 16.9. The van der Waals surface area contributed by atoms with Crippen LogP contribution in [0.3, 0.4) is 0 Å². The largest absolute Gasteiger partial charge is 0.370 e. The van der Waals surface area contributed by atoms with Crippen molar-refractivity contribution in [3.05, 3.63) is 47.6 Å². The summed E-state index contributed by atoms with van der Waals surface area (Å²) in [7, 11) is 0. The number of carbonyl (C=O) groups excluding carboxylic acids is 1. The van der Waals surface area contributed by atoms with E-state index >= 15 is 0 Å². The second-order valence-electron chi connectivity index (χ2n) is 6.02. The molecular weight excluding hydrogens is 309 g/mol. The number of hydrogen-bond acceptors (Lipinski definition) is 4. The predicted molar refractivity (Wildman–Crippen MR) is 89.6 cm³/mol. The number of carbonyl (C=O) groups is 1. The maximum Gasteiger partial charge on any atom is 0.259 e. The van der Waals surface area contributed by atoms with Gasteiger partial charge in [-0.2, -0.15) is 0 Å². The van der Waals surface area contributed by atoms with Gasteiger partial charge in [0, 0.05) is 38.3 Å². The first kappa shape index (κ1) is 16.5. The van der Waals surface area contributed by atoms with Crippen molar-refractivity contribution in [2.45, 2.75) is 26.2 Å². The van der Waals surface area contributed by atoms with Gasteiger partial charge < -0.3 is 14.3 Å². The summed E-state index contributed by atoms with van der Waals surface area (Å²) < 4.78 is 18.3. The van der Waals surface area contributed by atoms with E-state index < -0.39 is 0 Å². The van der Waals surface area contributed by atoms with E-state index in [1.54, 1.807) is 12.1 Å². The van der Waals surface area contributed by atoms with Crippen LogP contribution < -0.4 is 4.90 Å². The fourth-order valence-electron chi connectivity index (χ4n) is 3.05. The fourth-order valence-corrected chi connectivity index (χ4v) is 3.05. The van der Waals surface area contributed by atoms with E-state index in [1.165, 1.54) is 18.3 Å². The Bertz CT molecular complexity index is 684. The van der Waals surface area contributed by atoms with Gasteiger partial charge in [-0.1, -0.05) is 12.1 Å². The highest BCUT2D eigenvalue weighted by Gasteiger charge is 2.24. The van der Waals surface area contributed by atoms with Crippen LogP contribution in [0.2, 0.25) is 0 Å². The van der Waals surface area contributed by atoms with Gasteiger partial charge in [0.2, 0.25) is 0 Å². The van der Waals surface area contributed by atoms with E-state index in [2.05, 4.69) is 10.1 Å². The molecule has 0 bridgehead atoms. The Labute approximate surface area is 141 Å². The number of anilines is 1.